The van der Waals surface area contributed by atoms with E-state index >= 15 is 0 Å². The number of nitrogens with zero attached hydrogens (tertiary/aromatic N) is 1. The van der Waals surface area contributed by atoms with Crippen molar-refractivity contribution in [1.82, 2.24) is 4.31 Å². The predicted molar refractivity (Wildman–Crippen MR) is 64.8 cm³/mol. The maximum Gasteiger partial charge on any atom is 0.243 e. The molecular formula is C11H15FN2O3S. The number of sulfonamides is 1. The van der Waals surface area contributed by atoms with Crippen LogP contribution in [-0.2, 0) is 10.0 Å². The molecule has 0 amide bonds. The Bertz CT molecular complexity index is 547. The van der Waals surface area contributed by atoms with Gasteiger partial charge in [-0.15, -0.1) is 0 Å². The first-order chi connectivity index (χ1) is 8.41. The van der Waals surface area contributed by atoms with E-state index in [-0.39, 0.29) is 17.1 Å². The molecule has 0 unspecified atom stereocenters. The highest BCUT2D eigenvalue weighted by Gasteiger charge is 2.29. The van der Waals surface area contributed by atoms with Crippen molar-refractivity contribution in [3.63, 3.8) is 0 Å². The molecule has 0 saturated carbocycles. The van der Waals surface area contributed by atoms with Crippen molar-refractivity contribution in [2.24, 2.45) is 0 Å². The highest BCUT2D eigenvalue weighted by molar-refractivity contribution is 7.89. The standard InChI is InChI=1S/C11H15FN2O3S/c12-10-4-3-9(6-11(10)13)18(16,17)14-5-1-2-8(15)7-14/h3-4,6,8,15H,1-2,5,7,13H2/t8-/m0/s1. The van der Waals surface area contributed by atoms with Crippen molar-refractivity contribution >= 4 is 15.7 Å². The van der Waals surface area contributed by atoms with Gasteiger partial charge < -0.3 is 10.8 Å². The van der Waals surface area contributed by atoms with Crippen LogP contribution in [0.1, 0.15) is 12.8 Å². The fourth-order valence-electron chi connectivity index (χ4n) is 1.97. The van der Waals surface area contributed by atoms with Gasteiger partial charge in [0.15, 0.2) is 0 Å². The number of hydrogen-bond donors (Lipinski definition) is 2. The van der Waals surface area contributed by atoms with E-state index < -0.39 is 21.9 Å². The first kappa shape index (κ1) is 13.3. The molecule has 18 heavy (non-hydrogen) atoms. The minimum Gasteiger partial charge on any atom is -0.396 e. The van der Waals surface area contributed by atoms with Crippen LogP contribution in [0.4, 0.5) is 10.1 Å². The molecule has 1 saturated heterocycles. The fourth-order valence-corrected chi connectivity index (χ4v) is 3.52. The van der Waals surface area contributed by atoms with Crippen LogP contribution in [0, 0.1) is 5.82 Å². The number of nitrogens with two attached hydrogens (primary N) is 1. The van der Waals surface area contributed by atoms with Gasteiger partial charge in [0.1, 0.15) is 5.82 Å². The summed E-state index contributed by atoms with van der Waals surface area (Å²) in [5.74, 6) is -0.646. The van der Waals surface area contributed by atoms with E-state index in [4.69, 9.17) is 5.73 Å². The highest BCUT2D eigenvalue weighted by Crippen LogP contribution is 2.23. The van der Waals surface area contributed by atoms with Crippen LogP contribution >= 0.6 is 0 Å². The third-order valence-corrected chi connectivity index (χ3v) is 4.83. The number of nitrogen functional groups attached to an aromatic ring is 1. The second-order valence-electron chi connectivity index (χ2n) is 4.34. The molecule has 7 heteroatoms. The van der Waals surface area contributed by atoms with Crippen molar-refractivity contribution in [3.8, 4) is 0 Å². The number of rotatable bonds is 2. The van der Waals surface area contributed by atoms with E-state index in [0.717, 1.165) is 12.1 Å². The van der Waals surface area contributed by atoms with Crippen molar-refractivity contribution in [1.29, 1.82) is 0 Å². The number of aliphatic hydroxyl groups is 1. The summed E-state index contributed by atoms with van der Waals surface area (Å²) in [5, 5.41) is 9.50. The van der Waals surface area contributed by atoms with Crippen LogP contribution in [0.25, 0.3) is 0 Å². The number of benzene rings is 1. The van der Waals surface area contributed by atoms with Crippen LogP contribution in [0.3, 0.4) is 0 Å². The molecule has 1 fully saturated rings. The topological polar surface area (TPSA) is 83.6 Å². The van der Waals surface area contributed by atoms with Gasteiger partial charge in [0, 0.05) is 13.1 Å². The molecular weight excluding hydrogens is 259 g/mol. The van der Waals surface area contributed by atoms with Crippen molar-refractivity contribution in [2.75, 3.05) is 18.8 Å². The first-order valence-corrected chi connectivity index (χ1v) is 7.08. The SMILES string of the molecule is Nc1cc(S(=O)(=O)N2CCC[C@H](O)C2)ccc1F. The summed E-state index contributed by atoms with van der Waals surface area (Å²) < 4.78 is 38.7. The van der Waals surface area contributed by atoms with E-state index in [0.29, 0.717) is 19.4 Å². The fraction of sp³-hybridized carbons (Fsp3) is 0.455. The molecule has 1 atom stereocenters. The molecule has 0 aliphatic carbocycles. The molecule has 0 aromatic heterocycles. The maximum absolute atomic E-state index is 13.0. The Kier molecular flexibility index (Phi) is 3.56. The van der Waals surface area contributed by atoms with E-state index in [1.54, 1.807) is 0 Å². The number of anilines is 1. The monoisotopic (exact) mass is 274 g/mol. The average Bonchev–Trinajstić information content (AvgIpc) is 2.32. The second-order valence-corrected chi connectivity index (χ2v) is 6.28. The predicted octanol–water partition coefficient (Wildman–Crippen LogP) is 0.553. The van der Waals surface area contributed by atoms with Gasteiger partial charge in [-0.3, -0.25) is 0 Å². The van der Waals surface area contributed by atoms with Gasteiger partial charge in [-0.25, -0.2) is 12.8 Å². The van der Waals surface area contributed by atoms with Crippen molar-refractivity contribution < 1.29 is 17.9 Å². The molecule has 1 aliphatic rings. The Morgan fingerprint density at radius 2 is 2.17 bits per heavy atom. The molecule has 3 N–H and O–H groups in total. The van der Waals surface area contributed by atoms with E-state index in [1.807, 2.05) is 0 Å². The number of β-amino-alcohol motifs (C(OH)–C–C–N with tert-alkyl or cyclic N) is 1. The summed E-state index contributed by atoms with van der Waals surface area (Å²) in [5.41, 5.74) is 5.17. The number of piperidine rings is 1. The third-order valence-electron chi connectivity index (χ3n) is 2.96. The van der Waals surface area contributed by atoms with Crippen molar-refractivity contribution in [2.45, 2.75) is 23.8 Å². The summed E-state index contributed by atoms with van der Waals surface area (Å²) in [6.45, 7) is 0.427. The Morgan fingerprint density at radius 3 is 2.78 bits per heavy atom. The number of hydrogen-bond acceptors (Lipinski definition) is 4. The van der Waals surface area contributed by atoms with Crippen molar-refractivity contribution in [3.05, 3.63) is 24.0 Å². The van der Waals surface area contributed by atoms with Gasteiger partial charge in [-0.2, -0.15) is 4.31 Å². The smallest absolute Gasteiger partial charge is 0.243 e. The maximum atomic E-state index is 13.0. The van der Waals surface area contributed by atoms with Gasteiger partial charge >= 0.3 is 0 Å². The molecule has 100 valence electrons. The Morgan fingerprint density at radius 1 is 1.44 bits per heavy atom. The Labute approximate surface area is 105 Å². The van der Waals surface area contributed by atoms with Gasteiger partial charge in [-0.1, -0.05) is 0 Å². The highest BCUT2D eigenvalue weighted by atomic mass is 32.2. The Hall–Kier alpha value is -1.18. The summed E-state index contributed by atoms with van der Waals surface area (Å²) in [6, 6.07) is 3.32. The molecule has 2 rings (SSSR count). The summed E-state index contributed by atoms with van der Waals surface area (Å²) in [4.78, 5) is -0.0458. The number of halogens is 1. The molecule has 1 aromatic rings. The summed E-state index contributed by atoms with van der Waals surface area (Å²) >= 11 is 0. The zero-order valence-electron chi connectivity index (χ0n) is 9.71. The molecule has 0 spiro atoms. The summed E-state index contributed by atoms with van der Waals surface area (Å²) in [6.07, 6.45) is 0.556. The van der Waals surface area contributed by atoms with E-state index in [9.17, 15) is 17.9 Å². The summed E-state index contributed by atoms with van der Waals surface area (Å²) in [7, 11) is -3.71. The lowest BCUT2D eigenvalue weighted by molar-refractivity contribution is 0.108. The normalized spacial score (nSPS) is 22.0. The molecule has 1 aromatic carbocycles. The average molecular weight is 274 g/mol. The quantitative estimate of drug-likeness (QED) is 0.772. The van der Waals surface area contributed by atoms with Crippen LogP contribution < -0.4 is 5.73 Å². The third kappa shape index (κ3) is 2.47. The van der Waals surface area contributed by atoms with Crippen LogP contribution in [0.15, 0.2) is 23.1 Å². The molecule has 1 aliphatic heterocycles. The van der Waals surface area contributed by atoms with E-state index in [1.165, 1.54) is 10.4 Å². The first-order valence-electron chi connectivity index (χ1n) is 5.64. The van der Waals surface area contributed by atoms with Crippen LogP contribution in [-0.4, -0.2) is 37.0 Å². The molecule has 0 radical (unpaired) electrons. The lowest BCUT2D eigenvalue weighted by atomic mass is 10.1. The van der Waals surface area contributed by atoms with E-state index in [2.05, 4.69) is 0 Å². The van der Waals surface area contributed by atoms with Gasteiger partial charge in [-0.05, 0) is 31.0 Å². The second kappa shape index (κ2) is 4.83. The zero-order valence-corrected chi connectivity index (χ0v) is 10.5. The molecule has 5 nitrogen and oxygen atoms in total. The van der Waals surface area contributed by atoms with Crippen LogP contribution in [0.2, 0.25) is 0 Å². The molecule has 1 heterocycles. The Balaban J connectivity index is 2.32. The lowest BCUT2D eigenvalue weighted by Gasteiger charge is -2.29. The lowest BCUT2D eigenvalue weighted by Crippen LogP contribution is -2.42. The van der Waals surface area contributed by atoms with Gasteiger partial charge in [0.05, 0.1) is 16.7 Å². The zero-order chi connectivity index (χ0) is 13.3. The minimum absolute atomic E-state index is 0.0458. The van der Waals surface area contributed by atoms with Crippen LogP contribution in [0.5, 0.6) is 0 Å². The molecule has 0 bridgehead atoms. The van der Waals surface area contributed by atoms with Gasteiger partial charge in [0.2, 0.25) is 10.0 Å². The minimum atomic E-state index is -3.71. The van der Waals surface area contributed by atoms with Gasteiger partial charge in [0.25, 0.3) is 0 Å². The number of aliphatic hydroxyl groups excluding tert-OH is 1. The largest absolute Gasteiger partial charge is 0.396 e.